The zero-order valence-corrected chi connectivity index (χ0v) is 43.9. The van der Waals surface area contributed by atoms with E-state index in [2.05, 4.69) is 258 Å². The normalized spacial score (nSPS) is 14.3. The van der Waals surface area contributed by atoms with Crippen molar-refractivity contribution in [2.24, 2.45) is 0 Å². The fraction of sp³-hybridized carbons (Fsp3) is 0.375. The second kappa shape index (κ2) is 16.3. The Kier molecular flexibility index (Phi) is 11.7. The zero-order valence-electron chi connectivity index (χ0n) is 43.9. The first-order chi connectivity index (χ1) is 30.6. The summed E-state index contributed by atoms with van der Waals surface area (Å²) in [6.45, 7) is 43.2. The van der Waals surface area contributed by atoms with Gasteiger partial charge in [0.25, 0.3) is 0 Å². The van der Waals surface area contributed by atoms with E-state index in [1.54, 1.807) is 0 Å². The second-order valence-corrected chi connectivity index (χ2v) is 25.9. The van der Waals surface area contributed by atoms with E-state index in [0.717, 1.165) is 0 Å². The summed E-state index contributed by atoms with van der Waals surface area (Å²) in [6, 6.07) is 42.9. The summed E-state index contributed by atoms with van der Waals surface area (Å²) in [5, 5.41) is 0. The van der Waals surface area contributed by atoms with Gasteiger partial charge >= 0.3 is 0 Å². The predicted molar refractivity (Wildman–Crippen MR) is 297 cm³/mol. The predicted octanol–water partition coefficient (Wildman–Crippen LogP) is 13.1. The lowest BCUT2D eigenvalue weighted by molar-refractivity contribution is 0.552. The summed E-state index contributed by atoms with van der Waals surface area (Å²) in [5.41, 5.74) is 24.4. The van der Waals surface area contributed by atoms with Crippen LogP contribution in [0.3, 0.4) is 0 Å². The van der Waals surface area contributed by atoms with Crippen LogP contribution in [0.1, 0.15) is 180 Å². The summed E-state index contributed by atoms with van der Waals surface area (Å²) in [5.74, 6) is 0. The van der Waals surface area contributed by atoms with Crippen molar-refractivity contribution >= 4 is 70.5 Å². The minimum absolute atomic E-state index is 0.0125. The summed E-state index contributed by atoms with van der Waals surface area (Å²) in [6.07, 6.45) is 9.67. The molecule has 2 aliphatic rings. The van der Waals surface area contributed by atoms with Gasteiger partial charge in [-0.15, -0.1) is 0 Å². The molecule has 0 aromatic heterocycles. The molecule has 0 N–H and O–H groups in total. The van der Waals surface area contributed by atoms with E-state index >= 15 is 0 Å². The van der Waals surface area contributed by atoms with Gasteiger partial charge in [0.05, 0.1) is 0 Å². The van der Waals surface area contributed by atoms with Crippen LogP contribution in [0.25, 0.3) is 35.4 Å². The first kappa shape index (κ1) is 47.4. The lowest BCUT2D eigenvalue weighted by atomic mass is 9.32. The van der Waals surface area contributed by atoms with Gasteiger partial charge in [-0.1, -0.05) is 291 Å². The van der Waals surface area contributed by atoms with Crippen LogP contribution in [-0.2, 0) is 32.5 Å². The fourth-order valence-corrected chi connectivity index (χ4v) is 10.9. The molecule has 0 nitrogen and oxygen atoms in total. The van der Waals surface area contributed by atoms with E-state index in [-0.39, 0.29) is 45.9 Å². The summed E-state index contributed by atoms with van der Waals surface area (Å²) in [4.78, 5) is 0. The van der Waals surface area contributed by atoms with Gasteiger partial charge < -0.3 is 0 Å². The van der Waals surface area contributed by atoms with Crippen molar-refractivity contribution in [1.29, 1.82) is 0 Å². The molecule has 0 saturated heterocycles. The van der Waals surface area contributed by atoms with Crippen LogP contribution in [0.15, 0.2) is 109 Å². The quantitative estimate of drug-likeness (QED) is 0.155. The molecular weight excluding hydrogens is 790 g/mol. The lowest BCUT2D eigenvalue weighted by Crippen LogP contribution is -2.58. The van der Waals surface area contributed by atoms with Crippen molar-refractivity contribution in [3.63, 3.8) is 0 Å². The van der Waals surface area contributed by atoms with Crippen LogP contribution in [0, 0.1) is 0 Å². The van der Waals surface area contributed by atoms with Gasteiger partial charge in [-0.05, 0) is 99.3 Å². The molecule has 0 radical (unpaired) electrons. The standard InChI is InChI=1S/C64H76B2/c1-59(2,3)43-37-49(61(7,8)9)57(50(38-43)62(10,11)12)65-53-29-21-19-25-41(53)33-35-47-45(27-23-31-55(47)65)46-28-24-32-56-48(46)36-34-42-26-20-22-30-54(42)66(56)58-51(63(13,14)15)39-44(60(4,5)6)40-52(58)64(16,17)18/h19-40H,1-18H3. The summed E-state index contributed by atoms with van der Waals surface area (Å²) in [7, 11) is 0. The van der Waals surface area contributed by atoms with E-state index in [4.69, 9.17) is 0 Å². The molecule has 0 amide bonds. The van der Waals surface area contributed by atoms with Crippen LogP contribution in [0.2, 0.25) is 0 Å². The molecule has 0 unspecified atom stereocenters. The molecular formula is C64H76B2. The number of hydrogen-bond acceptors (Lipinski definition) is 0. The highest BCUT2D eigenvalue weighted by Gasteiger charge is 2.40. The van der Waals surface area contributed by atoms with Gasteiger partial charge in [-0.25, -0.2) is 0 Å². The van der Waals surface area contributed by atoms with Gasteiger partial charge in [-0.3, -0.25) is 0 Å². The second-order valence-electron chi connectivity index (χ2n) is 25.9. The number of hydrogen-bond donors (Lipinski definition) is 0. The van der Waals surface area contributed by atoms with Crippen molar-refractivity contribution in [1.82, 2.24) is 0 Å². The Morgan fingerprint density at radius 1 is 0.288 bits per heavy atom. The largest absolute Gasteiger partial charge is 0.243 e. The Hall–Kier alpha value is -5.07. The average molecular weight is 867 g/mol. The molecule has 0 atom stereocenters. The molecule has 2 heteroatoms. The van der Waals surface area contributed by atoms with Crippen LogP contribution >= 0.6 is 0 Å². The summed E-state index contributed by atoms with van der Waals surface area (Å²) < 4.78 is 0. The summed E-state index contributed by atoms with van der Waals surface area (Å²) >= 11 is 0. The van der Waals surface area contributed by atoms with E-state index in [9.17, 15) is 0 Å². The van der Waals surface area contributed by atoms with Crippen molar-refractivity contribution in [2.75, 3.05) is 0 Å². The van der Waals surface area contributed by atoms with Crippen molar-refractivity contribution in [3.8, 4) is 11.1 Å². The molecule has 338 valence electrons. The van der Waals surface area contributed by atoms with E-state index in [0.29, 0.717) is 0 Å². The van der Waals surface area contributed by atoms with E-state index in [1.165, 1.54) is 99.5 Å². The van der Waals surface area contributed by atoms with Crippen molar-refractivity contribution in [2.45, 2.75) is 157 Å². The molecule has 8 rings (SSSR count). The maximum atomic E-state index is 2.56. The maximum absolute atomic E-state index is 2.56. The molecule has 0 aliphatic carbocycles. The average Bonchev–Trinajstić information content (AvgIpc) is 3.49. The van der Waals surface area contributed by atoms with Crippen molar-refractivity contribution in [3.05, 3.63) is 165 Å². The van der Waals surface area contributed by atoms with Gasteiger partial charge in [0.1, 0.15) is 0 Å². The Labute approximate surface area is 401 Å². The third kappa shape index (κ3) is 8.68. The zero-order chi connectivity index (χ0) is 48.1. The van der Waals surface area contributed by atoms with Crippen LogP contribution in [0.4, 0.5) is 0 Å². The Morgan fingerprint density at radius 3 is 0.864 bits per heavy atom. The monoisotopic (exact) mass is 867 g/mol. The molecule has 0 fully saturated rings. The first-order valence-corrected chi connectivity index (χ1v) is 24.8. The number of fused-ring (bicyclic) bond motifs is 4. The number of rotatable bonds is 3. The molecule has 0 saturated carbocycles. The molecule has 0 spiro atoms. The van der Waals surface area contributed by atoms with Gasteiger partial charge in [0, 0.05) is 0 Å². The molecule has 2 aliphatic heterocycles. The van der Waals surface area contributed by atoms with E-state index in [1.807, 2.05) is 0 Å². The van der Waals surface area contributed by atoms with E-state index < -0.39 is 0 Å². The van der Waals surface area contributed by atoms with Gasteiger partial charge in [0.15, 0.2) is 0 Å². The Bertz CT molecular complexity index is 2640. The van der Waals surface area contributed by atoms with Gasteiger partial charge in [0.2, 0.25) is 13.4 Å². The minimum atomic E-state index is -0.0858. The topological polar surface area (TPSA) is 0 Å². The highest BCUT2D eigenvalue weighted by Crippen LogP contribution is 2.38. The molecule has 0 bridgehead atoms. The lowest BCUT2D eigenvalue weighted by Gasteiger charge is -2.37. The van der Waals surface area contributed by atoms with Crippen molar-refractivity contribution < 1.29 is 0 Å². The Morgan fingerprint density at radius 2 is 0.576 bits per heavy atom. The highest BCUT2D eigenvalue weighted by molar-refractivity contribution is 6.98. The molecule has 2 heterocycles. The van der Waals surface area contributed by atoms with Gasteiger partial charge in [-0.2, -0.15) is 0 Å². The smallest absolute Gasteiger partial charge is 0.0664 e. The molecule has 6 aromatic rings. The molecule has 6 aromatic carbocycles. The van der Waals surface area contributed by atoms with Crippen LogP contribution in [-0.4, -0.2) is 13.4 Å². The SMILES string of the molecule is CC(C)(C)c1cc(C(C)(C)C)c(B2c3ccccc3C=Cc3c2cccc3-c2cccc3c2C=Cc2ccccc2B3c2c(C(C)(C)C)cc(C(C)(C)C)cc2C(C)(C)C)c(C(C)(C)C)c1. The maximum Gasteiger partial charge on any atom is 0.243 e. The fourth-order valence-electron chi connectivity index (χ4n) is 10.9. The third-order valence-corrected chi connectivity index (χ3v) is 14.6. The van der Waals surface area contributed by atoms with Crippen LogP contribution < -0.4 is 32.8 Å². The minimum Gasteiger partial charge on any atom is -0.0664 e. The Balaban J connectivity index is 1.47. The van der Waals surface area contributed by atoms with Crippen LogP contribution in [0.5, 0.6) is 0 Å². The first-order valence-electron chi connectivity index (χ1n) is 24.8. The molecule has 66 heavy (non-hydrogen) atoms. The third-order valence-electron chi connectivity index (χ3n) is 14.6. The highest BCUT2D eigenvalue weighted by atomic mass is 14.3. The number of benzene rings is 6.